The van der Waals surface area contributed by atoms with E-state index in [2.05, 4.69) is 5.32 Å². The Morgan fingerprint density at radius 3 is 1.85 bits per heavy atom. The van der Waals surface area contributed by atoms with Crippen LogP contribution in [0.5, 0.6) is 5.75 Å². The molecule has 3 rings (SSSR count). The highest BCUT2D eigenvalue weighted by Crippen LogP contribution is 2.17. The van der Waals surface area contributed by atoms with Crippen molar-refractivity contribution in [2.24, 2.45) is 0 Å². The number of aldehydes is 1. The van der Waals surface area contributed by atoms with Crippen molar-refractivity contribution in [3.8, 4) is 5.75 Å². The number of benzene rings is 3. The van der Waals surface area contributed by atoms with Crippen molar-refractivity contribution in [3.05, 3.63) is 96.1 Å². The highest BCUT2D eigenvalue weighted by atomic mass is 16.5. The largest absolute Gasteiger partial charge is 0.423 e. The lowest BCUT2D eigenvalue weighted by atomic mass is 10.2. The second kappa shape index (κ2) is 10.3. The van der Waals surface area contributed by atoms with Gasteiger partial charge in [-0.2, -0.15) is 0 Å². The van der Waals surface area contributed by atoms with Gasteiger partial charge in [0.25, 0.3) is 0 Å². The summed E-state index contributed by atoms with van der Waals surface area (Å²) in [7, 11) is 0. The van der Waals surface area contributed by atoms with E-state index < -0.39 is 5.97 Å². The first kappa shape index (κ1) is 19.6. The quantitative estimate of drug-likeness (QED) is 0.426. The number of nitrogens with one attached hydrogen (secondary N) is 1. The SMILES string of the molecule is CC(=O)Nc1ccc(OC(=O)c2ccccc2)cc1.O=Cc1ccccc1. The fraction of sp³-hybridized carbons (Fsp3) is 0.0455. The van der Waals surface area contributed by atoms with Crippen molar-refractivity contribution in [1.29, 1.82) is 0 Å². The van der Waals surface area contributed by atoms with Crippen LogP contribution in [0.25, 0.3) is 0 Å². The molecule has 3 aromatic rings. The normalized spacial score (nSPS) is 9.37. The number of anilines is 1. The third kappa shape index (κ3) is 6.96. The Bertz CT molecular complexity index is 875. The topological polar surface area (TPSA) is 72.5 Å². The molecule has 0 aliphatic carbocycles. The molecule has 27 heavy (non-hydrogen) atoms. The Morgan fingerprint density at radius 2 is 1.37 bits per heavy atom. The summed E-state index contributed by atoms with van der Waals surface area (Å²) < 4.78 is 5.21. The van der Waals surface area contributed by atoms with Gasteiger partial charge in [0.2, 0.25) is 5.91 Å². The van der Waals surface area contributed by atoms with Gasteiger partial charge in [0.1, 0.15) is 12.0 Å². The molecule has 0 aliphatic heterocycles. The standard InChI is InChI=1S/C15H13NO3.C7H6O/c1-11(17)16-13-7-9-14(10-8-13)19-15(18)12-5-3-2-4-6-12;8-6-7-4-2-1-3-5-7/h2-10H,1H3,(H,16,17);1-6H. The average molecular weight is 361 g/mol. The summed E-state index contributed by atoms with van der Waals surface area (Å²) in [5.74, 6) is -0.120. The maximum atomic E-state index is 11.8. The van der Waals surface area contributed by atoms with Gasteiger partial charge in [0.15, 0.2) is 0 Å². The van der Waals surface area contributed by atoms with E-state index in [1.165, 1.54) is 6.92 Å². The predicted octanol–water partition coefficient (Wildman–Crippen LogP) is 4.36. The summed E-state index contributed by atoms with van der Waals surface area (Å²) in [6.07, 6.45) is 0.833. The Kier molecular flexibility index (Phi) is 7.48. The van der Waals surface area contributed by atoms with E-state index in [1.54, 1.807) is 60.7 Å². The summed E-state index contributed by atoms with van der Waals surface area (Å²) in [5, 5.41) is 2.64. The molecule has 0 aliphatic rings. The average Bonchev–Trinajstić information content (AvgIpc) is 2.71. The molecule has 1 N–H and O–H groups in total. The van der Waals surface area contributed by atoms with E-state index in [0.29, 0.717) is 17.0 Å². The van der Waals surface area contributed by atoms with Gasteiger partial charge in [0.05, 0.1) is 5.56 Å². The first-order valence-electron chi connectivity index (χ1n) is 8.23. The second-order valence-electron chi connectivity index (χ2n) is 5.49. The van der Waals surface area contributed by atoms with Gasteiger partial charge in [0, 0.05) is 18.2 Å². The van der Waals surface area contributed by atoms with E-state index in [-0.39, 0.29) is 5.91 Å². The fourth-order valence-electron chi connectivity index (χ4n) is 2.08. The van der Waals surface area contributed by atoms with Crippen LogP contribution in [0.2, 0.25) is 0 Å². The third-order valence-corrected chi connectivity index (χ3v) is 3.33. The smallest absolute Gasteiger partial charge is 0.343 e. The minimum absolute atomic E-state index is 0.144. The van der Waals surface area contributed by atoms with Crippen molar-refractivity contribution in [2.45, 2.75) is 6.92 Å². The van der Waals surface area contributed by atoms with E-state index in [4.69, 9.17) is 4.74 Å². The van der Waals surface area contributed by atoms with Crippen molar-refractivity contribution in [3.63, 3.8) is 0 Å². The van der Waals surface area contributed by atoms with Crippen LogP contribution < -0.4 is 10.1 Å². The zero-order valence-electron chi connectivity index (χ0n) is 14.8. The lowest BCUT2D eigenvalue weighted by Crippen LogP contribution is -2.08. The molecule has 0 saturated carbocycles. The Morgan fingerprint density at radius 1 is 0.815 bits per heavy atom. The molecule has 0 spiro atoms. The lowest BCUT2D eigenvalue weighted by Gasteiger charge is -2.06. The Balaban J connectivity index is 0.000000273. The van der Waals surface area contributed by atoms with E-state index in [9.17, 15) is 14.4 Å². The van der Waals surface area contributed by atoms with Gasteiger partial charge in [-0.25, -0.2) is 4.79 Å². The van der Waals surface area contributed by atoms with Crippen molar-refractivity contribution >= 4 is 23.9 Å². The van der Waals surface area contributed by atoms with Crippen LogP contribution in [0.4, 0.5) is 5.69 Å². The number of carbonyl (C=O) groups excluding carboxylic acids is 3. The molecular formula is C22H19NO4. The van der Waals surface area contributed by atoms with Crippen molar-refractivity contribution in [2.75, 3.05) is 5.32 Å². The van der Waals surface area contributed by atoms with Gasteiger partial charge >= 0.3 is 5.97 Å². The number of hydrogen-bond donors (Lipinski definition) is 1. The minimum Gasteiger partial charge on any atom is -0.423 e. The van der Waals surface area contributed by atoms with Gasteiger partial charge in [-0.15, -0.1) is 0 Å². The molecule has 0 fully saturated rings. The third-order valence-electron chi connectivity index (χ3n) is 3.33. The number of carbonyl (C=O) groups is 3. The lowest BCUT2D eigenvalue weighted by molar-refractivity contribution is -0.114. The summed E-state index contributed by atoms with van der Waals surface area (Å²) in [5.41, 5.74) is 1.88. The number of rotatable bonds is 4. The molecule has 136 valence electrons. The summed E-state index contributed by atoms with van der Waals surface area (Å²) in [6, 6.07) is 24.5. The van der Waals surface area contributed by atoms with Crippen LogP contribution in [-0.2, 0) is 4.79 Å². The van der Waals surface area contributed by atoms with E-state index >= 15 is 0 Å². The molecular weight excluding hydrogens is 342 g/mol. The van der Waals surface area contributed by atoms with Gasteiger partial charge < -0.3 is 10.1 Å². The van der Waals surface area contributed by atoms with Crippen molar-refractivity contribution < 1.29 is 19.1 Å². The minimum atomic E-state index is -0.409. The number of amides is 1. The molecule has 0 heterocycles. The molecule has 1 amide bonds. The van der Waals surface area contributed by atoms with Crippen LogP contribution in [0.15, 0.2) is 84.9 Å². The fourth-order valence-corrected chi connectivity index (χ4v) is 2.08. The van der Waals surface area contributed by atoms with E-state index in [0.717, 1.165) is 11.8 Å². The molecule has 5 nitrogen and oxygen atoms in total. The highest BCUT2D eigenvalue weighted by molar-refractivity contribution is 5.91. The monoisotopic (exact) mass is 361 g/mol. The maximum absolute atomic E-state index is 11.8. The summed E-state index contributed by atoms with van der Waals surface area (Å²) in [4.78, 5) is 32.7. The van der Waals surface area contributed by atoms with Gasteiger partial charge in [-0.05, 0) is 36.4 Å². The molecule has 0 atom stereocenters. The zero-order chi connectivity index (χ0) is 19.5. The van der Waals surface area contributed by atoms with Crippen LogP contribution in [0.3, 0.4) is 0 Å². The van der Waals surface area contributed by atoms with Crippen LogP contribution in [-0.4, -0.2) is 18.2 Å². The molecule has 3 aromatic carbocycles. The summed E-state index contributed by atoms with van der Waals surface area (Å²) in [6.45, 7) is 1.43. The Hall–Kier alpha value is -3.73. The molecule has 0 aromatic heterocycles. The zero-order valence-corrected chi connectivity index (χ0v) is 14.8. The van der Waals surface area contributed by atoms with Crippen LogP contribution in [0.1, 0.15) is 27.6 Å². The van der Waals surface area contributed by atoms with Crippen molar-refractivity contribution in [1.82, 2.24) is 0 Å². The predicted molar refractivity (Wildman–Crippen MR) is 104 cm³/mol. The molecule has 0 saturated heterocycles. The number of esters is 1. The first-order chi connectivity index (χ1) is 13.1. The van der Waals surface area contributed by atoms with Gasteiger partial charge in [-0.1, -0.05) is 48.5 Å². The molecule has 0 unspecified atom stereocenters. The van der Waals surface area contributed by atoms with Crippen LogP contribution in [0, 0.1) is 0 Å². The summed E-state index contributed by atoms with van der Waals surface area (Å²) >= 11 is 0. The second-order valence-corrected chi connectivity index (χ2v) is 5.49. The number of hydrogen-bond acceptors (Lipinski definition) is 4. The van der Waals surface area contributed by atoms with Crippen LogP contribution >= 0.6 is 0 Å². The molecule has 5 heteroatoms. The van der Waals surface area contributed by atoms with E-state index in [1.807, 2.05) is 24.3 Å². The maximum Gasteiger partial charge on any atom is 0.343 e. The molecule has 0 radical (unpaired) electrons. The molecule has 0 bridgehead atoms. The number of ether oxygens (including phenoxy) is 1. The van der Waals surface area contributed by atoms with Gasteiger partial charge in [-0.3, -0.25) is 9.59 Å². The first-order valence-corrected chi connectivity index (χ1v) is 8.23. The Labute approximate surface area is 157 Å². The highest BCUT2D eigenvalue weighted by Gasteiger charge is 2.07.